The van der Waals surface area contributed by atoms with E-state index >= 15 is 0 Å². The van der Waals surface area contributed by atoms with Crippen LogP contribution in [0.2, 0.25) is 0 Å². The Kier molecular flexibility index (Phi) is 3.78. The van der Waals surface area contributed by atoms with Gasteiger partial charge in [0, 0.05) is 28.8 Å². The molecule has 0 spiro atoms. The summed E-state index contributed by atoms with van der Waals surface area (Å²) in [6.45, 7) is 1.78. The van der Waals surface area contributed by atoms with Gasteiger partial charge in [-0.25, -0.2) is 0 Å². The average molecular weight is 297 g/mol. The molecule has 1 aromatic rings. The zero-order valence-electron chi connectivity index (χ0n) is 9.28. The van der Waals surface area contributed by atoms with Crippen molar-refractivity contribution < 1.29 is 9.59 Å². The zero-order chi connectivity index (χ0) is 12.3. The fourth-order valence-electron chi connectivity index (χ4n) is 1.92. The van der Waals surface area contributed by atoms with E-state index in [2.05, 4.69) is 21.2 Å². The Morgan fingerprint density at radius 2 is 2.24 bits per heavy atom. The van der Waals surface area contributed by atoms with Crippen LogP contribution in [-0.2, 0) is 4.79 Å². The van der Waals surface area contributed by atoms with Crippen molar-refractivity contribution in [3.05, 3.63) is 28.2 Å². The predicted molar refractivity (Wildman–Crippen MR) is 69.4 cm³/mol. The Morgan fingerprint density at radius 3 is 3.00 bits per heavy atom. The Hall–Kier alpha value is -1.36. The van der Waals surface area contributed by atoms with E-state index in [4.69, 9.17) is 0 Å². The highest BCUT2D eigenvalue weighted by Gasteiger charge is 2.17. The highest BCUT2D eigenvalue weighted by Crippen LogP contribution is 2.23. The molecule has 1 saturated heterocycles. The highest BCUT2D eigenvalue weighted by atomic mass is 79.9. The lowest BCUT2D eigenvalue weighted by Crippen LogP contribution is -2.33. The molecule has 1 amide bonds. The summed E-state index contributed by atoms with van der Waals surface area (Å²) in [5.74, 6) is 0.00210. The van der Waals surface area contributed by atoms with Gasteiger partial charge in [-0.1, -0.05) is 15.9 Å². The quantitative estimate of drug-likeness (QED) is 0.843. The molecule has 17 heavy (non-hydrogen) atoms. The van der Waals surface area contributed by atoms with Crippen LogP contribution >= 0.6 is 15.9 Å². The third kappa shape index (κ3) is 2.85. The van der Waals surface area contributed by atoms with Crippen LogP contribution in [0.1, 0.15) is 16.8 Å². The van der Waals surface area contributed by atoms with E-state index in [-0.39, 0.29) is 5.91 Å². The number of carbonyl (C=O) groups is 2. The standard InChI is InChI=1S/C12H13BrN2O2/c13-10-2-3-11(9(6-10)8-16)15-5-1-4-14-12(17)7-15/h2-3,6,8H,1,4-5,7H2,(H,14,17). The second-order valence-electron chi connectivity index (χ2n) is 3.95. The van der Waals surface area contributed by atoms with Crippen LogP contribution in [0.5, 0.6) is 0 Å². The Bertz CT molecular complexity index is 448. The van der Waals surface area contributed by atoms with E-state index < -0.39 is 0 Å². The molecule has 5 heteroatoms. The minimum Gasteiger partial charge on any atom is -0.362 e. The lowest BCUT2D eigenvalue weighted by molar-refractivity contribution is -0.119. The molecule has 1 heterocycles. The third-order valence-electron chi connectivity index (χ3n) is 2.72. The summed E-state index contributed by atoms with van der Waals surface area (Å²) < 4.78 is 0.864. The van der Waals surface area contributed by atoms with Crippen LogP contribution in [0, 0.1) is 0 Å². The average Bonchev–Trinajstić information content (AvgIpc) is 2.53. The molecule has 1 N–H and O–H groups in total. The second kappa shape index (κ2) is 5.31. The van der Waals surface area contributed by atoms with Crippen LogP contribution in [0.15, 0.2) is 22.7 Å². The second-order valence-corrected chi connectivity index (χ2v) is 4.86. The first-order valence-corrected chi connectivity index (χ1v) is 6.26. The predicted octanol–water partition coefficient (Wildman–Crippen LogP) is 1.59. The van der Waals surface area contributed by atoms with Crippen molar-refractivity contribution in [1.29, 1.82) is 0 Å². The number of anilines is 1. The van der Waals surface area contributed by atoms with Gasteiger partial charge in [-0.3, -0.25) is 9.59 Å². The maximum Gasteiger partial charge on any atom is 0.239 e. The van der Waals surface area contributed by atoms with Gasteiger partial charge in [0.15, 0.2) is 6.29 Å². The van der Waals surface area contributed by atoms with Crippen molar-refractivity contribution in [1.82, 2.24) is 5.32 Å². The van der Waals surface area contributed by atoms with Gasteiger partial charge in [-0.2, -0.15) is 0 Å². The largest absolute Gasteiger partial charge is 0.362 e. The van der Waals surface area contributed by atoms with Crippen LogP contribution in [0.25, 0.3) is 0 Å². The molecule has 0 radical (unpaired) electrons. The smallest absolute Gasteiger partial charge is 0.239 e. The molecule has 0 saturated carbocycles. The number of benzene rings is 1. The van der Waals surface area contributed by atoms with E-state index in [0.29, 0.717) is 18.7 Å². The van der Waals surface area contributed by atoms with Gasteiger partial charge in [0.2, 0.25) is 5.91 Å². The molecule has 2 rings (SSSR count). The van der Waals surface area contributed by atoms with Crippen molar-refractivity contribution in [2.45, 2.75) is 6.42 Å². The summed E-state index contributed by atoms with van der Waals surface area (Å²) >= 11 is 3.33. The molecule has 0 aromatic heterocycles. The fraction of sp³-hybridized carbons (Fsp3) is 0.333. The molecule has 0 aliphatic carbocycles. The monoisotopic (exact) mass is 296 g/mol. The number of hydrogen-bond acceptors (Lipinski definition) is 3. The van der Waals surface area contributed by atoms with Crippen molar-refractivity contribution >= 4 is 33.8 Å². The van der Waals surface area contributed by atoms with Gasteiger partial charge in [0.05, 0.1) is 6.54 Å². The Balaban J connectivity index is 2.31. The van der Waals surface area contributed by atoms with Crippen LogP contribution in [0.3, 0.4) is 0 Å². The summed E-state index contributed by atoms with van der Waals surface area (Å²) in [6.07, 6.45) is 1.71. The number of hydrogen-bond donors (Lipinski definition) is 1. The Labute approximate surface area is 108 Å². The molecular formula is C12H13BrN2O2. The first kappa shape index (κ1) is 12.1. The van der Waals surface area contributed by atoms with Crippen molar-refractivity contribution in [3.8, 4) is 0 Å². The minimum absolute atomic E-state index is 0.00210. The van der Waals surface area contributed by atoms with Gasteiger partial charge in [0.1, 0.15) is 0 Å². The van der Waals surface area contributed by atoms with Crippen molar-refractivity contribution in [2.24, 2.45) is 0 Å². The molecule has 1 aromatic carbocycles. The Morgan fingerprint density at radius 1 is 1.41 bits per heavy atom. The number of halogens is 1. The summed E-state index contributed by atoms with van der Waals surface area (Å²) in [5.41, 5.74) is 1.43. The van der Waals surface area contributed by atoms with Gasteiger partial charge in [-0.15, -0.1) is 0 Å². The van der Waals surface area contributed by atoms with Gasteiger partial charge in [-0.05, 0) is 24.6 Å². The van der Waals surface area contributed by atoms with E-state index in [1.165, 1.54) is 0 Å². The normalized spacial score (nSPS) is 16.3. The van der Waals surface area contributed by atoms with Gasteiger partial charge in [0.25, 0.3) is 0 Å². The first-order chi connectivity index (χ1) is 8.20. The first-order valence-electron chi connectivity index (χ1n) is 5.47. The van der Waals surface area contributed by atoms with Crippen LogP contribution < -0.4 is 10.2 Å². The van der Waals surface area contributed by atoms with Crippen LogP contribution in [-0.4, -0.2) is 31.8 Å². The van der Waals surface area contributed by atoms with Gasteiger partial charge >= 0.3 is 0 Å². The van der Waals surface area contributed by atoms with Crippen molar-refractivity contribution in [2.75, 3.05) is 24.5 Å². The third-order valence-corrected chi connectivity index (χ3v) is 3.21. The lowest BCUT2D eigenvalue weighted by atomic mass is 10.1. The zero-order valence-corrected chi connectivity index (χ0v) is 10.9. The van der Waals surface area contributed by atoms with Crippen molar-refractivity contribution in [3.63, 3.8) is 0 Å². The van der Waals surface area contributed by atoms with E-state index in [9.17, 15) is 9.59 Å². The number of aldehydes is 1. The number of rotatable bonds is 2. The highest BCUT2D eigenvalue weighted by molar-refractivity contribution is 9.10. The topological polar surface area (TPSA) is 49.4 Å². The molecule has 0 unspecified atom stereocenters. The maximum atomic E-state index is 11.5. The van der Waals surface area contributed by atoms with Crippen LogP contribution in [0.4, 0.5) is 5.69 Å². The molecule has 0 atom stereocenters. The number of amides is 1. The molecular weight excluding hydrogens is 284 g/mol. The summed E-state index contributed by atoms with van der Waals surface area (Å²) in [6, 6.07) is 5.52. The minimum atomic E-state index is 0.00210. The number of nitrogens with zero attached hydrogens (tertiary/aromatic N) is 1. The molecule has 0 bridgehead atoms. The summed E-state index contributed by atoms with van der Waals surface area (Å²) in [7, 11) is 0. The molecule has 1 fully saturated rings. The lowest BCUT2D eigenvalue weighted by Gasteiger charge is -2.22. The number of nitrogens with one attached hydrogen (secondary N) is 1. The number of carbonyl (C=O) groups excluding carboxylic acids is 2. The molecule has 1 aliphatic rings. The maximum absolute atomic E-state index is 11.5. The summed E-state index contributed by atoms with van der Waals surface area (Å²) in [5, 5.41) is 2.81. The van der Waals surface area contributed by atoms with E-state index in [1.54, 1.807) is 6.07 Å². The molecule has 1 aliphatic heterocycles. The molecule has 90 valence electrons. The van der Waals surface area contributed by atoms with E-state index in [1.807, 2.05) is 17.0 Å². The van der Waals surface area contributed by atoms with Gasteiger partial charge < -0.3 is 10.2 Å². The molecule has 4 nitrogen and oxygen atoms in total. The van der Waals surface area contributed by atoms with E-state index in [0.717, 1.165) is 29.4 Å². The SMILES string of the molecule is O=Cc1cc(Br)ccc1N1CCCNC(=O)C1. The fourth-order valence-corrected chi connectivity index (χ4v) is 2.30. The summed E-state index contributed by atoms with van der Waals surface area (Å²) in [4.78, 5) is 24.5.